The monoisotopic (exact) mass is 329 g/mol. The fourth-order valence-corrected chi connectivity index (χ4v) is 3.21. The van der Waals surface area contributed by atoms with Gasteiger partial charge in [-0.1, -0.05) is 37.3 Å². The van der Waals surface area contributed by atoms with E-state index in [1.807, 2.05) is 30.3 Å². The number of amides is 4. The van der Waals surface area contributed by atoms with Gasteiger partial charge in [0.1, 0.15) is 12.6 Å². The average Bonchev–Trinajstić information content (AvgIpc) is 2.84. The molecule has 6 nitrogen and oxygen atoms in total. The van der Waals surface area contributed by atoms with Crippen LogP contribution in [0.4, 0.5) is 4.79 Å². The maximum Gasteiger partial charge on any atom is 0.325 e. The first kappa shape index (κ1) is 16.5. The number of piperidine rings is 1. The fourth-order valence-electron chi connectivity index (χ4n) is 3.21. The van der Waals surface area contributed by atoms with Crippen LogP contribution in [0.15, 0.2) is 30.3 Å². The number of urea groups is 1. The number of hydrogen-bond acceptors (Lipinski definition) is 3. The number of benzene rings is 1. The Balaban J connectivity index is 1.59. The molecule has 0 spiro atoms. The molecular formula is C18H23N3O3. The summed E-state index contributed by atoms with van der Waals surface area (Å²) in [5.74, 6) is 0.161. The van der Waals surface area contributed by atoms with Crippen molar-refractivity contribution in [3.8, 4) is 0 Å². The summed E-state index contributed by atoms with van der Waals surface area (Å²) < 4.78 is 0. The van der Waals surface area contributed by atoms with E-state index in [4.69, 9.17) is 0 Å². The lowest BCUT2D eigenvalue weighted by molar-refractivity contribution is -0.138. The second-order valence-corrected chi connectivity index (χ2v) is 6.68. The third-order valence-corrected chi connectivity index (χ3v) is 4.82. The van der Waals surface area contributed by atoms with E-state index in [-0.39, 0.29) is 18.4 Å². The minimum atomic E-state index is -0.589. The van der Waals surface area contributed by atoms with Crippen LogP contribution in [0.1, 0.15) is 25.3 Å². The van der Waals surface area contributed by atoms with Gasteiger partial charge in [-0.15, -0.1) is 0 Å². The van der Waals surface area contributed by atoms with Crippen LogP contribution in [0.2, 0.25) is 0 Å². The lowest BCUT2D eigenvalue weighted by atomic mass is 9.99. The Hall–Kier alpha value is -2.37. The molecule has 4 amide bonds. The van der Waals surface area contributed by atoms with Gasteiger partial charge in [0, 0.05) is 19.5 Å². The lowest BCUT2D eigenvalue weighted by Crippen LogP contribution is -2.46. The molecule has 0 radical (unpaired) electrons. The molecule has 0 aliphatic carbocycles. The molecule has 128 valence electrons. The SMILES string of the molecule is CC1CCN(C(=O)CN2C(=O)N[C@H](Cc3ccccc3)C2=O)CC1. The molecule has 6 heteroatoms. The van der Waals surface area contributed by atoms with Gasteiger partial charge in [-0.2, -0.15) is 0 Å². The topological polar surface area (TPSA) is 69.7 Å². The van der Waals surface area contributed by atoms with E-state index < -0.39 is 12.1 Å². The Morgan fingerprint density at radius 3 is 2.50 bits per heavy atom. The van der Waals surface area contributed by atoms with Crippen molar-refractivity contribution in [2.75, 3.05) is 19.6 Å². The second kappa shape index (κ2) is 7.03. The summed E-state index contributed by atoms with van der Waals surface area (Å²) in [5.41, 5.74) is 0.981. The number of nitrogens with one attached hydrogen (secondary N) is 1. The smallest absolute Gasteiger partial charge is 0.325 e. The number of likely N-dealkylation sites (tertiary alicyclic amines) is 1. The van der Waals surface area contributed by atoms with Gasteiger partial charge in [0.15, 0.2) is 0 Å². The van der Waals surface area contributed by atoms with Crippen molar-refractivity contribution in [1.82, 2.24) is 15.1 Å². The van der Waals surface area contributed by atoms with Crippen molar-refractivity contribution in [1.29, 1.82) is 0 Å². The Morgan fingerprint density at radius 2 is 1.83 bits per heavy atom. The molecule has 1 aromatic rings. The zero-order valence-corrected chi connectivity index (χ0v) is 13.9. The number of imide groups is 1. The minimum absolute atomic E-state index is 0.147. The molecule has 1 N–H and O–H groups in total. The van der Waals surface area contributed by atoms with Crippen LogP contribution in [0.3, 0.4) is 0 Å². The molecule has 2 aliphatic rings. The summed E-state index contributed by atoms with van der Waals surface area (Å²) in [5, 5.41) is 2.68. The quantitative estimate of drug-likeness (QED) is 0.849. The Labute approximate surface area is 141 Å². The molecule has 0 aromatic heterocycles. The van der Waals surface area contributed by atoms with Crippen LogP contribution in [-0.2, 0) is 16.0 Å². The van der Waals surface area contributed by atoms with Gasteiger partial charge in [0.25, 0.3) is 5.91 Å². The minimum Gasteiger partial charge on any atom is -0.341 e. The standard InChI is InChI=1S/C18H23N3O3/c1-13-7-9-20(10-8-13)16(22)12-21-17(23)15(19-18(21)24)11-14-5-3-2-4-6-14/h2-6,13,15H,7-12H2,1H3,(H,19,24)/t15-/m1/s1. The van der Waals surface area contributed by atoms with Crippen LogP contribution in [0.25, 0.3) is 0 Å². The van der Waals surface area contributed by atoms with E-state index in [2.05, 4.69) is 12.2 Å². The summed E-state index contributed by atoms with van der Waals surface area (Å²) in [7, 11) is 0. The van der Waals surface area contributed by atoms with Gasteiger partial charge in [-0.05, 0) is 24.3 Å². The largest absolute Gasteiger partial charge is 0.341 e. The molecule has 2 heterocycles. The van der Waals surface area contributed by atoms with E-state index >= 15 is 0 Å². The van der Waals surface area contributed by atoms with E-state index in [1.165, 1.54) is 0 Å². The Morgan fingerprint density at radius 1 is 1.17 bits per heavy atom. The van der Waals surface area contributed by atoms with Crippen LogP contribution in [0, 0.1) is 5.92 Å². The highest BCUT2D eigenvalue weighted by atomic mass is 16.2. The van der Waals surface area contributed by atoms with Gasteiger partial charge in [0.05, 0.1) is 0 Å². The van der Waals surface area contributed by atoms with Crippen LogP contribution < -0.4 is 5.32 Å². The molecular weight excluding hydrogens is 306 g/mol. The summed E-state index contributed by atoms with van der Waals surface area (Å²) in [6, 6.07) is 8.48. The lowest BCUT2D eigenvalue weighted by Gasteiger charge is -2.31. The summed E-state index contributed by atoms with van der Waals surface area (Å²) in [6.07, 6.45) is 2.39. The van der Waals surface area contributed by atoms with E-state index in [1.54, 1.807) is 4.90 Å². The van der Waals surface area contributed by atoms with Gasteiger partial charge >= 0.3 is 6.03 Å². The van der Waals surface area contributed by atoms with Crippen LogP contribution >= 0.6 is 0 Å². The molecule has 2 saturated heterocycles. The Kier molecular flexibility index (Phi) is 4.83. The number of nitrogens with zero attached hydrogens (tertiary/aromatic N) is 2. The first-order valence-electron chi connectivity index (χ1n) is 8.48. The third-order valence-electron chi connectivity index (χ3n) is 4.82. The van der Waals surface area contributed by atoms with Crippen molar-refractivity contribution in [2.24, 2.45) is 5.92 Å². The van der Waals surface area contributed by atoms with Gasteiger partial charge in [-0.3, -0.25) is 14.5 Å². The molecule has 2 aliphatic heterocycles. The maximum atomic E-state index is 12.5. The predicted molar refractivity (Wildman–Crippen MR) is 89.2 cm³/mol. The van der Waals surface area contributed by atoms with Gasteiger partial charge < -0.3 is 10.2 Å². The highest BCUT2D eigenvalue weighted by molar-refractivity contribution is 6.06. The van der Waals surface area contributed by atoms with Crippen molar-refractivity contribution < 1.29 is 14.4 Å². The number of carbonyl (C=O) groups excluding carboxylic acids is 3. The van der Waals surface area contributed by atoms with Crippen molar-refractivity contribution in [2.45, 2.75) is 32.2 Å². The average molecular weight is 329 g/mol. The summed E-state index contributed by atoms with van der Waals surface area (Å²) >= 11 is 0. The normalized spacial score (nSPS) is 22.0. The molecule has 1 aromatic carbocycles. The highest BCUT2D eigenvalue weighted by Crippen LogP contribution is 2.17. The van der Waals surface area contributed by atoms with Crippen LogP contribution in [0.5, 0.6) is 0 Å². The van der Waals surface area contributed by atoms with Gasteiger partial charge in [-0.25, -0.2) is 4.79 Å². The molecule has 1 atom stereocenters. The second-order valence-electron chi connectivity index (χ2n) is 6.68. The third kappa shape index (κ3) is 3.58. The zero-order valence-electron chi connectivity index (χ0n) is 13.9. The number of carbonyl (C=O) groups is 3. The predicted octanol–water partition coefficient (Wildman–Crippen LogP) is 1.41. The molecule has 0 bridgehead atoms. The Bertz CT molecular complexity index is 624. The van der Waals surface area contributed by atoms with Crippen LogP contribution in [-0.4, -0.2) is 53.3 Å². The van der Waals surface area contributed by atoms with E-state index in [0.29, 0.717) is 25.4 Å². The van der Waals surface area contributed by atoms with Crippen molar-refractivity contribution in [3.63, 3.8) is 0 Å². The van der Waals surface area contributed by atoms with Crippen molar-refractivity contribution >= 4 is 17.8 Å². The first-order valence-corrected chi connectivity index (χ1v) is 8.48. The van der Waals surface area contributed by atoms with E-state index in [9.17, 15) is 14.4 Å². The molecule has 0 unspecified atom stereocenters. The molecule has 24 heavy (non-hydrogen) atoms. The fraction of sp³-hybridized carbons (Fsp3) is 0.500. The zero-order chi connectivity index (χ0) is 17.1. The number of rotatable bonds is 4. The highest BCUT2D eigenvalue weighted by Gasteiger charge is 2.39. The maximum absolute atomic E-state index is 12.5. The van der Waals surface area contributed by atoms with E-state index in [0.717, 1.165) is 23.3 Å². The first-order chi connectivity index (χ1) is 11.5. The molecule has 0 saturated carbocycles. The molecule has 2 fully saturated rings. The summed E-state index contributed by atoms with van der Waals surface area (Å²) in [6.45, 7) is 3.42. The summed E-state index contributed by atoms with van der Waals surface area (Å²) in [4.78, 5) is 39.7. The van der Waals surface area contributed by atoms with Gasteiger partial charge in [0.2, 0.25) is 5.91 Å². The van der Waals surface area contributed by atoms with Crippen molar-refractivity contribution in [3.05, 3.63) is 35.9 Å². The number of hydrogen-bond donors (Lipinski definition) is 1. The molecule has 3 rings (SSSR count).